The van der Waals surface area contributed by atoms with Crippen LogP contribution in [0.3, 0.4) is 0 Å². The molecule has 2 fully saturated rings. The number of aliphatic hydroxyl groups is 1. The molecule has 0 radical (unpaired) electrons. The molecular weight excluding hydrogens is 337 g/mol. The van der Waals surface area contributed by atoms with Gasteiger partial charge >= 0.3 is 0 Å². The quantitative estimate of drug-likeness (QED) is 0.800. The summed E-state index contributed by atoms with van der Waals surface area (Å²) in [6.45, 7) is 6.53. The molecule has 1 aromatic carbocycles. The zero-order chi connectivity index (χ0) is 18.5. The third kappa shape index (κ3) is 5.01. The van der Waals surface area contributed by atoms with Crippen LogP contribution < -0.4 is 5.32 Å². The summed E-state index contributed by atoms with van der Waals surface area (Å²) in [6, 6.07) is 6.21. The summed E-state index contributed by atoms with van der Waals surface area (Å²) in [6.07, 6.45) is 0.126. The third-order valence-electron chi connectivity index (χ3n) is 5.24. The second kappa shape index (κ2) is 8.90. The fourth-order valence-electron chi connectivity index (χ4n) is 3.60. The second-order valence-corrected chi connectivity index (χ2v) is 7.14. The first-order chi connectivity index (χ1) is 12.5. The summed E-state index contributed by atoms with van der Waals surface area (Å²) >= 11 is 0. The Labute approximate surface area is 153 Å². The first-order valence-electron chi connectivity index (χ1n) is 9.28. The van der Waals surface area contributed by atoms with Crippen molar-refractivity contribution in [2.45, 2.75) is 38.1 Å². The van der Waals surface area contributed by atoms with Crippen molar-refractivity contribution >= 4 is 5.91 Å². The molecule has 7 heteroatoms. The van der Waals surface area contributed by atoms with Crippen LogP contribution in [0.5, 0.6) is 0 Å². The molecule has 3 rings (SSSR count). The van der Waals surface area contributed by atoms with E-state index in [0.29, 0.717) is 19.7 Å². The Kier molecular flexibility index (Phi) is 6.58. The van der Waals surface area contributed by atoms with E-state index in [9.17, 15) is 14.3 Å². The monoisotopic (exact) mass is 365 g/mol. The van der Waals surface area contributed by atoms with Gasteiger partial charge in [-0.1, -0.05) is 12.1 Å². The number of amides is 1. The molecule has 0 bridgehead atoms. The molecule has 1 aromatic rings. The molecule has 26 heavy (non-hydrogen) atoms. The lowest BCUT2D eigenvalue weighted by Gasteiger charge is -2.26. The van der Waals surface area contributed by atoms with Crippen LogP contribution in [0, 0.1) is 5.82 Å². The molecule has 144 valence electrons. The van der Waals surface area contributed by atoms with Gasteiger partial charge in [-0.15, -0.1) is 0 Å². The van der Waals surface area contributed by atoms with E-state index in [1.165, 1.54) is 12.1 Å². The summed E-state index contributed by atoms with van der Waals surface area (Å²) in [5.74, 6) is -0.132. The number of nitrogens with zero attached hydrogens (tertiary/aromatic N) is 2. The smallest absolute Gasteiger partial charge is 0.219 e. The average molecular weight is 365 g/mol. The topological polar surface area (TPSA) is 65.0 Å². The molecule has 2 aliphatic rings. The van der Waals surface area contributed by atoms with Crippen LogP contribution in [0.15, 0.2) is 24.3 Å². The maximum atomic E-state index is 13.0. The molecule has 2 aliphatic heterocycles. The number of ether oxygens (including phenoxy) is 1. The molecule has 0 saturated carbocycles. The minimum atomic E-state index is -0.581. The highest BCUT2D eigenvalue weighted by Crippen LogP contribution is 2.17. The Morgan fingerprint density at radius 2 is 2.04 bits per heavy atom. The van der Waals surface area contributed by atoms with E-state index in [4.69, 9.17) is 4.74 Å². The minimum absolute atomic E-state index is 0.119. The molecule has 3 atom stereocenters. The minimum Gasteiger partial charge on any atom is -0.389 e. The van der Waals surface area contributed by atoms with Crippen LogP contribution in [-0.4, -0.2) is 78.4 Å². The van der Waals surface area contributed by atoms with Crippen molar-refractivity contribution < 1.29 is 19.0 Å². The summed E-state index contributed by atoms with van der Waals surface area (Å²) in [5.41, 5.74) is 0.971. The normalized spacial score (nSPS) is 27.5. The number of benzene rings is 1. The SMILES string of the molecule is CC(=O)N1CCCN(CC2OCC(NCc3ccc(F)cc3)C2O)CC1. The second-order valence-electron chi connectivity index (χ2n) is 7.14. The summed E-state index contributed by atoms with van der Waals surface area (Å²) in [4.78, 5) is 15.7. The van der Waals surface area contributed by atoms with Gasteiger partial charge in [-0.2, -0.15) is 0 Å². The van der Waals surface area contributed by atoms with Crippen LogP contribution in [0.1, 0.15) is 18.9 Å². The van der Waals surface area contributed by atoms with E-state index in [1.54, 1.807) is 19.1 Å². The summed E-state index contributed by atoms with van der Waals surface area (Å²) < 4.78 is 18.8. The van der Waals surface area contributed by atoms with Gasteiger partial charge in [0.2, 0.25) is 5.91 Å². The summed E-state index contributed by atoms with van der Waals surface area (Å²) in [7, 11) is 0. The summed E-state index contributed by atoms with van der Waals surface area (Å²) in [5, 5.41) is 13.9. The van der Waals surface area contributed by atoms with Gasteiger partial charge in [0.1, 0.15) is 5.82 Å². The molecule has 0 aromatic heterocycles. The molecule has 6 nitrogen and oxygen atoms in total. The van der Waals surface area contributed by atoms with Gasteiger partial charge in [0.05, 0.1) is 24.9 Å². The molecule has 1 amide bonds. The van der Waals surface area contributed by atoms with Crippen LogP contribution in [0.25, 0.3) is 0 Å². The number of nitrogens with one attached hydrogen (secondary N) is 1. The van der Waals surface area contributed by atoms with E-state index in [0.717, 1.165) is 38.2 Å². The van der Waals surface area contributed by atoms with Gasteiger partial charge in [0.25, 0.3) is 0 Å². The van der Waals surface area contributed by atoms with Gasteiger partial charge in [-0.25, -0.2) is 4.39 Å². The number of hydrogen-bond donors (Lipinski definition) is 2. The maximum absolute atomic E-state index is 13.0. The lowest BCUT2D eigenvalue weighted by molar-refractivity contribution is -0.128. The van der Waals surface area contributed by atoms with E-state index in [2.05, 4.69) is 10.2 Å². The van der Waals surface area contributed by atoms with Gasteiger partial charge in [0.15, 0.2) is 0 Å². The molecule has 0 aliphatic carbocycles. The third-order valence-corrected chi connectivity index (χ3v) is 5.24. The van der Waals surface area contributed by atoms with E-state index < -0.39 is 6.10 Å². The molecule has 2 heterocycles. The number of rotatable bonds is 5. The Morgan fingerprint density at radius 3 is 2.77 bits per heavy atom. The first-order valence-corrected chi connectivity index (χ1v) is 9.28. The Hall–Kier alpha value is -1.54. The Morgan fingerprint density at radius 1 is 1.27 bits per heavy atom. The van der Waals surface area contributed by atoms with Gasteiger partial charge < -0.3 is 20.1 Å². The Balaban J connectivity index is 1.45. The van der Waals surface area contributed by atoms with Crippen LogP contribution in [-0.2, 0) is 16.1 Å². The largest absolute Gasteiger partial charge is 0.389 e. The van der Waals surface area contributed by atoms with E-state index in [-0.39, 0.29) is 23.9 Å². The number of aliphatic hydroxyl groups excluding tert-OH is 1. The fourth-order valence-corrected chi connectivity index (χ4v) is 3.60. The Bertz CT molecular complexity index is 598. The zero-order valence-corrected chi connectivity index (χ0v) is 15.2. The van der Waals surface area contributed by atoms with Gasteiger partial charge in [0, 0.05) is 39.6 Å². The number of carbonyl (C=O) groups is 1. The lowest BCUT2D eigenvalue weighted by Crippen LogP contribution is -2.45. The van der Waals surface area contributed by atoms with Crippen molar-refractivity contribution in [2.24, 2.45) is 0 Å². The van der Waals surface area contributed by atoms with Gasteiger partial charge in [-0.05, 0) is 30.7 Å². The molecule has 3 unspecified atom stereocenters. The average Bonchev–Trinajstić information content (AvgIpc) is 2.83. The molecular formula is C19H28FN3O3. The number of carbonyl (C=O) groups excluding carboxylic acids is 1. The highest BCUT2D eigenvalue weighted by Gasteiger charge is 2.36. The highest BCUT2D eigenvalue weighted by atomic mass is 19.1. The van der Waals surface area contributed by atoms with Crippen molar-refractivity contribution in [3.05, 3.63) is 35.6 Å². The zero-order valence-electron chi connectivity index (χ0n) is 15.2. The number of halogens is 1. The predicted octanol–water partition coefficient (Wildman–Crippen LogP) is 0.598. The van der Waals surface area contributed by atoms with Crippen LogP contribution >= 0.6 is 0 Å². The lowest BCUT2D eigenvalue weighted by atomic mass is 10.1. The van der Waals surface area contributed by atoms with Crippen molar-refractivity contribution in [3.63, 3.8) is 0 Å². The van der Waals surface area contributed by atoms with Crippen LogP contribution in [0.4, 0.5) is 4.39 Å². The first kappa shape index (κ1) is 19.2. The molecule has 2 N–H and O–H groups in total. The van der Waals surface area contributed by atoms with Crippen LogP contribution in [0.2, 0.25) is 0 Å². The standard InChI is InChI=1S/C19H28FN3O3/c1-14(24)23-8-2-7-22(9-10-23)12-18-19(25)17(13-26-18)21-11-15-3-5-16(20)6-4-15/h3-6,17-19,21,25H,2,7-13H2,1H3. The molecule has 0 spiro atoms. The van der Waals surface area contributed by atoms with E-state index in [1.807, 2.05) is 4.90 Å². The van der Waals surface area contributed by atoms with Crippen molar-refractivity contribution in [3.8, 4) is 0 Å². The van der Waals surface area contributed by atoms with Gasteiger partial charge in [-0.3, -0.25) is 9.69 Å². The van der Waals surface area contributed by atoms with Crippen molar-refractivity contribution in [1.82, 2.24) is 15.1 Å². The highest BCUT2D eigenvalue weighted by molar-refractivity contribution is 5.73. The predicted molar refractivity (Wildman–Crippen MR) is 96.1 cm³/mol. The van der Waals surface area contributed by atoms with E-state index >= 15 is 0 Å². The number of hydrogen-bond acceptors (Lipinski definition) is 5. The van der Waals surface area contributed by atoms with Crippen molar-refractivity contribution in [1.29, 1.82) is 0 Å². The fraction of sp³-hybridized carbons (Fsp3) is 0.632. The van der Waals surface area contributed by atoms with Crippen molar-refractivity contribution in [2.75, 3.05) is 39.3 Å². The molecule has 2 saturated heterocycles. The maximum Gasteiger partial charge on any atom is 0.219 e.